The summed E-state index contributed by atoms with van der Waals surface area (Å²) < 4.78 is 10.9. The van der Waals surface area contributed by atoms with E-state index in [0.717, 1.165) is 11.1 Å². The van der Waals surface area contributed by atoms with E-state index < -0.39 is 12.1 Å². The van der Waals surface area contributed by atoms with Gasteiger partial charge in [0.15, 0.2) is 0 Å². The van der Waals surface area contributed by atoms with Gasteiger partial charge in [0, 0.05) is 39.6 Å². The summed E-state index contributed by atoms with van der Waals surface area (Å²) in [5.74, 6) is -0.811. The van der Waals surface area contributed by atoms with Gasteiger partial charge >= 0.3 is 5.97 Å². The van der Waals surface area contributed by atoms with Crippen LogP contribution in [-0.4, -0.2) is 37.5 Å². The summed E-state index contributed by atoms with van der Waals surface area (Å²) in [7, 11) is 0. The molecule has 0 saturated heterocycles. The first-order chi connectivity index (χ1) is 17.9. The largest absolute Gasteiger partial charge is 0.464 e. The molecule has 0 saturated carbocycles. The number of hydrogen-bond donors (Lipinski definition) is 1. The van der Waals surface area contributed by atoms with Crippen molar-refractivity contribution in [2.24, 2.45) is 0 Å². The number of aryl methyl sites for hydroxylation is 1. The smallest absolute Gasteiger partial charge is 0.332 e. The molecule has 0 aromatic heterocycles. The average Bonchev–Trinajstić information content (AvgIpc) is 3.07. The number of nitrogens with one attached hydrogen (secondary N) is 1. The van der Waals surface area contributed by atoms with Gasteiger partial charge in [-0.25, -0.2) is 4.79 Å². The predicted octanol–water partition coefficient (Wildman–Crippen LogP) is 5.96. The summed E-state index contributed by atoms with van der Waals surface area (Å²) in [5.41, 5.74) is 4.02. The van der Waals surface area contributed by atoms with Crippen molar-refractivity contribution in [2.75, 3.05) is 30.0 Å². The molecule has 0 spiro atoms. The third kappa shape index (κ3) is 6.37. The zero-order valence-corrected chi connectivity index (χ0v) is 21.6. The highest BCUT2D eigenvalue weighted by Gasteiger charge is 2.28. The Morgan fingerprint density at radius 3 is 2.54 bits per heavy atom. The lowest BCUT2D eigenvalue weighted by Crippen LogP contribution is -2.31. The van der Waals surface area contributed by atoms with Crippen LogP contribution in [0.15, 0.2) is 66.7 Å². The maximum Gasteiger partial charge on any atom is 0.332 e. The van der Waals surface area contributed by atoms with Crippen LogP contribution in [-0.2, 0) is 14.3 Å². The van der Waals surface area contributed by atoms with Crippen LogP contribution in [0.1, 0.15) is 57.7 Å². The number of esters is 1. The summed E-state index contributed by atoms with van der Waals surface area (Å²) in [6.45, 7) is 4.22. The Morgan fingerprint density at radius 1 is 1.05 bits per heavy atom. The molecule has 1 atom stereocenters. The third-order valence-electron chi connectivity index (χ3n) is 6.21. The monoisotopic (exact) mass is 520 g/mol. The van der Waals surface area contributed by atoms with E-state index in [2.05, 4.69) is 5.32 Å². The van der Waals surface area contributed by atoms with E-state index in [1.807, 2.05) is 25.1 Å². The number of rotatable bonds is 7. The van der Waals surface area contributed by atoms with Gasteiger partial charge in [0.25, 0.3) is 11.8 Å². The zero-order chi connectivity index (χ0) is 26.4. The second-order valence-corrected chi connectivity index (χ2v) is 9.19. The minimum absolute atomic E-state index is 0.173. The number of carbonyl (C=O) groups is 3. The molecule has 7 nitrogen and oxygen atoms in total. The number of carbonyl (C=O) groups excluding carboxylic acids is 3. The molecule has 192 valence electrons. The van der Waals surface area contributed by atoms with Gasteiger partial charge in [-0.1, -0.05) is 29.8 Å². The maximum atomic E-state index is 13.5. The number of anilines is 2. The van der Waals surface area contributed by atoms with Gasteiger partial charge < -0.3 is 19.7 Å². The zero-order valence-electron chi connectivity index (χ0n) is 20.8. The van der Waals surface area contributed by atoms with Gasteiger partial charge in [-0.3, -0.25) is 9.59 Å². The van der Waals surface area contributed by atoms with Crippen LogP contribution >= 0.6 is 11.6 Å². The molecular weight excluding hydrogens is 492 g/mol. The number of ether oxygens (including phenoxy) is 2. The molecule has 8 heteroatoms. The first kappa shape index (κ1) is 26.4. The summed E-state index contributed by atoms with van der Waals surface area (Å²) in [4.78, 5) is 39.7. The van der Waals surface area contributed by atoms with E-state index in [0.29, 0.717) is 46.9 Å². The van der Waals surface area contributed by atoms with Crippen LogP contribution in [0, 0.1) is 6.92 Å². The van der Waals surface area contributed by atoms with E-state index in [-0.39, 0.29) is 25.0 Å². The second-order valence-electron chi connectivity index (χ2n) is 8.75. The van der Waals surface area contributed by atoms with E-state index in [9.17, 15) is 14.4 Å². The number of fused-ring (bicyclic) bond motifs is 1. The molecular formula is C29H29ClN2O5. The quantitative estimate of drug-likeness (QED) is 0.388. The van der Waals surface area contributed by atoms with Gasteiger partial charge in [0.2, 0.25) is 0 Å². The van der Waals surface area contributed by atoms with Gasteiger partial charge in [-0.15, -0.1) is 0 Å². The molecule has 3 aromatic rings. The molecule has 0 radical (unpaired) electrons. The number of nitrogens with zero attached hydrogens (tertiary/aromatic N) is 1. The molecule has 3 aromatic carbocycles. The Kier molecular flexibility index (Phi) is 8.58. The average molecular weight is 521 g/mol. The maximum absolute atomic E-state index is 13.5. The number of hydrogen-bond acceptors (Lipinski definition) is 5. The molecule has 1 unspecified atom stereocenters. The molecule has 0 bridgehead atoms. The minimum Gasteiger partial charge on any atom is -0.464 e. The van der Waals surface area contributed by atoms with Crippen LogP contribution in [0.2, 0.25) is 5.02 Å². The Hall–Kier alpha value is -3.68. The molecule has 1 aliphatic heterocycles. The second kappa shape index (κ2) is 12.0. The van der Waals surface area contributed by atoms with Gasteiger partial charge in [0.05, 0.1) is 12.7 Å². The van der Waals surface area contributed by atoms with Crippen molar-refractivity contribution in [1.82, 2.24) is 0 Å². The molecule has 0 aliphatic carbocycles. The highest BCUT2D eigenvalue weighted by molar-refractivity contribution is 6.30. The molecule has 0 fully saturated rings. The summed E-state index contributed by atoms with van der Waals surface area (Å²) >= 11 is 6.28. The van der Waals surface area contributed by atoms with Crippen molar-refractivity contribution in [3.63, 3.8) is 0 Å². The lowest BCUT2D eigenvalue weighted by molar-refractivity contribution is -0.150. The number of benzene rings is 3. The first-order valence-corrected chi connectivity index (χ1v) is 12.6. The standard InChI is InChI=1S/C29H29ClN2O5/c1-3-36-27(33)18-37-26-9-6-16-32(25-15-12-21(30)17-24(25)26)29(35)20-10-13-22(14-11-20)31-28(34)23-8-5-4-7-19(23)2/h4-5,7-8,10-15,17,26H,3,6,9,16,18H2,1-2H3,(H,31,34). The van der Waals surface area contributed by atoms with E-state index in [4.69, 9.17) is 21.1 Å². The highest BCUT2D eigenvalue weighted by Crippen LogP contribution is 2.37. The van der Waals surface area contributed by atoms with Crippen LogP contribution in [0.5, 0.6) is 0 Å². The normalized spacial score (nSPS) is 14.9. The fourth-order valence-corrected chi connectivity index (χ4v) is 4.55. The Labute approximate surface area is 221 Å². The van der Waals surface area contributed by atoms with Crippen molar-refractivity contribution >= 4 is 40.8 Å². The van der Waals surface area contributed by atoms with Crippen molar-refractivity contribution < 1.29 is 23.9 Å². The van der Waals surface area contributed by atoms with E-state index in [1.165, 1.54) is 0 Å². The lowest BCUT2D eigenvalue weighted by atomic mass is 10.0. The van der Waals surface area contributed by atoms with Crippen LogP contribution < -0.4 is 10.2 Å². The summed E-state index contributed by atoms with van der Waals surface area (Å²) in [5, 5.41) is 3.40. The molecule has 2 amide bonds. The SMILES string of the molecule is CCOC(=O)COC1CCCN(C(=O)c2ccc(NC(=O)c3ccccc3C)cc2)c2ccc(Cl)cc21. The van der Waals surface area contributed by atoms with E-state index in [1.54, 1.807) is 60.4 Å². The van der Waals surface area contributed by atoms with Crippen molar-refractivity contribution in [3.8, 4) is 0 Å². The summed E-state index contributed by atoms with van der Waals surface area (Å²) in [6.07, 6.45) is 0.909. The topological polar surface area (TPSA) is 84.9 Å². The minimum atomic E-state index is -0.433. The Bertz CT molecular complexity index is 1290. The van der Waals surface area contributed by atoms with Crippen molar-refractivity contribution in [3.05, 3.63) is 94.0 Å². The number of amides is 2. The highest BCUT2D eigenvalue weighted by atomic mass is 35.5. The fraction of sp³-hybridized carbons (Fsp3) is 0.276. The van der Waals surface area contributed by atoms with Crippen LogP contribution in [0.25, 0.3) is 0 Å². The molecule has 4 rings (SSSR count). The first-order valence-electron chi connectivity index (χ1n) is 12.2. The lowest BCUT2D eigenvalue weighted by Gasteiger charge is -2.24. The molecule has 1 aliphatic rings. The molecule has 37 heavy (non-hydrogen) atoms. The van der Waals surface area contributed by atoms with Gasteiger partial charge in [0.1, 0.15) is 6.61 Å². The van der Waals surface area contributed by atoms with Crippen LogP contribution in [0.4, 0.5) is 11.4 Å². The Balaban J connectivity index is 1.51. The van der Waals surface area contributed by atoms with E-state index >= 15 is 0 Å². The molecule has 1 heterocycles. The number of halogens is 1. The van der Waals surface area contributed by atoms with Gasteiger partial charge in [-0.05, 0) is 80.8 Å². The van der Waals surface area contributed by atoms with Crippen molar-refractivity contribution in [2.45, 2.75) is 32.8 Å². The fourth-order valence-electron chi connectivity index (χ4n) is 4.37. The molecule has 1 N–H and O–H groups in total. The Morgan fingerprint density at radius 2 is 1.81 bits per heavy atom. The van der Waals surface area contributed by atoms with Crippen molar-refractivity contribution in [1.29, 1.82) is 0 Å². The summed E-state index contributed by atoms with van der Waals surface area (Å²) in [6, 6.07) is 19.5. The van der Waals surface area contributed by atoms with Crippen LogP contribution in [0.3, 0.4) is 0 Å². The van der Waals surface area contributed by atoms with Gasteiger partial charge in [-0.2, -0.15) is 0 Å². The third-order valence-corrected chi connectivity index (χ3v) is 6.44. The predicted molar refractivity (Wildman–Crippen MR) is 143 cm³/mol.